The van der Waals surface area contributed by atoms with Gasteiger partial charge in [0.05, 0.1) is 5.39 Å². The Labute approximate surface area is 149 Å². The Morgan fingerprint density at radius 3 is 2.36 bits per heavy atom. The number of aromatic nitrogens is 2. The Morgan fingerprint density at radius 2 is 1.80 bits per heavy atom. The molecule has 2 aromatic heterocycles. The van der Waals surface area contributed by atoms with Crippen molar-refractivity contribution in [1.82, 2.24) is 14.9 Å². The van der Waals surface area contributed by atoms with Gasteiger partial charge in [-0.3, -0.25) is 0 Å². The molecule has 4 nitrogen and oxygen atoms in total. The molecule has 1 aliphatic carbocycles. The number of hydrogen-bond donors (Lipinski definition) is 1. The summed E-state index contributed by atoms with van der Waals surface area (Å²) in [7, 11) is 4.06. The fraction of sp³-hybridized carbons (Fsp3) is 0.647. The third kappa shape index (κ3) is 3.33. The Bertz CT molecular complexity index is 776. The van der Waals surface area contributed by atoms with Crippen molar-refractivity contribution in [2.75, 3.05) is 26.0 Å². The van der Waals surface area contributed by atoms with E-state index in [1.807, 2.05) is 27.9 Å². The fourth-order valence-corrected chi connectivity index (χ4v) is 4.60. The standard InChI is InChI=1S/C17H23F3N4S/c1-10-11(2)25-14-12(10)13(22-15(23-14)17(18,19)20)21-9-16(24(3)4)7-5-6-8-16/h5-9H2,1-4H3,(H,21,22,23). The number of hydrogen-bond acceptors (Lipinski definition) is 5. The number of alkyl halides is 3. The quantitative estimate of drug-likeness (QED) is 0.851. The van der Waals surface area contributed by atoms with Crippen molar-refractivity contribution in [1.29, 1.82) is 0 Å². The molecule has 0 bridgehead atoms. The van der Waals surface area contributed by atoms with E-state index in [9.17, 15) is 13.2 Å². The van der Waals surface area contributed by atoms with Crippen molar-refractivity contribution in [2.24, 2.45) is 0 Å². The van der Waals surface area contributed by atoms with E-state index < -0.39 is 12.0 Å². The van der Waals surface area contributed by atoms with Gasteiger partial charge in [-0.05, 0) is 46.3 Å². The molecule has 138 valence electrons. The third-order valence-electron chi connectivity index (χ3n) is 5.35. The van der Waals surface area contributed by atoms with E-state index in [-0.39, 0.29) is 5.54 Å². The van der Waals surface area contributed by atoms with Crippen molar-refractivity contribution < 1.29 is 13.2 Å². The number of nitrogens with zero attached hydrogens (tertiary/aromatic N) is 3. The highest BCUT2D eigenvalue weighted by molar-refractivity contribution is 7.18. The highest BCUT2D eigenvalue weighted by Crippen LogP contribution is 2.38. The van der Waals surface area contributed by atoms with E-state index in [1.165, 1.54) is 11.3 Å². The van der Waals surface area contributed by atoms with E-state index in [4.69, 9.17) is 0 Å². The Balaban J connectivity index is 2.02. The van der Waals surface area contributed by atoms with Crippen LogP contribution in [-0.4, -0.2) is 41.0 Å². The second-order valence-corrected chi connectivity index (χ2v) is 8.24. The van der Waals surface area contributed by atoms with Gasteiger partial charge >= 0.3 is 6.18 Å². The number of aryl methyl sites for hydroxylation is 2. The number of fused-ring (bicyclic) bond motifs is 1. The fourth-order valence-electron chi connectivity index (χ4n) is 3.57. The van der Waals surface area contributed by atoms with E-state index in [1.54, 1.807) is 0 Å². The normalized spacial score (nSPS) is 17.6. The smallest absolute Gasteiger partial charge is 0.368 e. The molecule has 1 N–H and O–H groups in total. The molecule has 25 heavy (non-hydrogen) atoms. The molecule has 1 aliphatic rings. The van der Waals surface area contributed by atoms with Crippen molar-refractivity contribution in [3.63, 3.8) is 0 Å². The van der Waals surface area contributed by atoms with Crippen LogP contribution in [0.3, 0.4) is 0 Å². The molecule has 1 saturated carbocycles. The van der Waals surface area contributed by atoms with E-state index in [0.717, 1.165) is 36.1 Å². The summed E-state index contributed by atoms with van der Waals surface area (Å²) < 4.78 is 39.6. The molecule has 2 heterocycles. The maximum Gasteiger partial charge on any atom is 0.451 e. The maximum absolute atomic E-state index is 13.2. The van der Waals surface area contributed by atoms with Crippen molar-refractivity contribution in [2.45, 2.75) is 51.2 Å². The van der Waals surface area contributed by atoms with Gasteiger partial charge in [0, 0.05) is 17.0 Å². The molecule has 0 unspecified atom stereocenters. The van der Waals surface area contributed by atoms with Gasteiger partial charge in [-0.1, -0.05) is 12.8 Å². The number of nitrogens with one attached hydrogen (secondary N) is 1. The average molecular weight is 372 g/mol. The topological polar surface area (TPSA) is 41.1 Å². The van der Waals surface area contributed by atoms with Crippen LogP contribution in [0, 0.1) is 13.8 Å². The molecule has 3 rings (SSSR count). The minimum Gasteiger partial charge on any atom is -0.368 e. The minimum atomic E-state index is -4.55. The molecule has 0 radical (unpaired) electrons. The lowest BCUT2D eigenvalue weighted by Gasteiger charge is -2.36. The van der Waals surface area contributed by atoms with Crippen LogP contribution in [0.4, 0.5) is 19.0 Å². The predicted molar refractivity (Wildman–Crippen MR) is 95.3 cm³/mol. The molecule has 8 heteroatoms. The van der Waals surface area contributed by atoms with Gasteiger partial charge < -0.3 is 10.2 Å². The first kappa shape index (κ1) is 18.4. The summed E-state index contributed by atoms with van der Waals surface area (Å²) in [5.74, 6) is -0.777. The first-order chi connectivity index (χ1) is 11.6. The zero-order chi connectivity index (χ0) is 18.4. The molecule has 2 aromatic rings. The molecule has 0 amide bonds. The van der Waals surface area contributed by atoms with Gasteiger partial charge in [-0.25, -0.2) is 9.97 Å². The average Bonchev–Trinajstić information content (AvgIpc) is 3.11. The van der Waals surface area contributed by atoms with E-state index >= 15 is 0 Å². The monoisotopic (exact) mass is 372 g/mol. The number of thiophene rings is 1. The van der Waals surface area contributed by atoms with Crippen molar-refractivity contribution in [3.05, 3.63) is 16.3 Å². The van der Waals surface area contributed by atoms with Crippen LogP contribution in [0.25, 0.3) is 10.2 Å². The second kappa shape index (κ2) is 6.39. The van der Waals surface area contributed by atoms with Gasteiger partial charge in [-0.2, -0.15) is 13.2 Å². The van der Waals surface area contributed by atoms with Crippen LogP contribution in [0.5, 0.6) is 0 Å². The maximum atomic E-state index is 13.2. The lowest BCUT2D eigenvalue weighted by Crippen LogP contribution is -2.47. The molecular formula is C17H23F3N4S. The van der Waals surface area contributed by atoms with Crippen LogP contribution < -0.4 is 5.32 Å². The Kier molecular flexibility index (Phi) is 4.70. The molecule has 1 fully saturated rings. The van der Waals surface area contributed by atoms with Gasteiger partial charge in [-0.15, -0.1) is 11.3 Å². The molecule has 0 atom stereocenters. The summed E-state index contributed by atoms with van der Waals surface area (Å²) in [4.78, 5) is 11.1. The summed E-state index contributed by atoms with van der Waals surface area (Å²) in [5.41, 5.74) is 0.913. The molecule has 0 aromatic carbocycles. The van der Waals surface area contributed by atoms with Crippen LogP contribution in [-0.2, 0) is 6.18 Å². The van der Waals surface area contributed by atoms with Gasteiger partial charge in [0.25, 0.3) is 0 Å². The van der Waals surface area contributed by atoms with Crippen molar-refractivity contribution >= 4 is 27.4 Å². The number of anilines is 1. The van der Waals surface area contributed by atoms with Crippen LogP contribution in [0.2, 0.25) is 0 Å². The molecule has 0 saturated heterocycles. The summed E-state index contributed by atoms with van der Waals surface area (Å²) in [5, 5.41) is 3.94. The van der Waals surface area contributed by atoms with E-state index in [0.29, 0.717) is 22.6 Å². The van der Waals surface area contributed by atoms with Gasteiger partial charge in [0.2, 0.25) is 5.82 Å². The number of likely N-dealkylation sites (N-methyl/N-ethyl adjacent to an activating group) is 1. The Morgan fingerprint density at radius 1 is 1.16 bits per heavy atom. The molecular weight excluding hydrogens is 349 g/mol. The zero-order valence-corrected chi connectivity index (χ0v) is 15.7. The second-order valence-electron chi connectivity index (χ2n) is 7.04. The van der Waals surface area contributed by atoms with Crippen LogP contribution >= 0.6 is 11.3 Å². The van der Waals surface area contributed by atoms with E-state index in [2.05, 4.69) is 20.2 Å². The highest BCUT2D eigenvalue weighted by atomic mass is 32.1. The van der Waals surface area contributed by atoms with Gasteiger partial charge in [0.15, 0.2) is 0 Å². The molecule has 0 aliphatic heterocycles. The summed E-state index contributed by atoms with van der Waals surface area (Å²) >= 11 is 1.29. The Hall–Kier alpha value is -1.41. The minimum absolute atomic E-state index is 0.0331. The van der Waals surface area contributed by atoms with Crippen molar-refractivity contribution in [3.8, 4) is 0 Å². The first-order valence-electron chi connectivity index (χ1n) is 8.40. The predicted octanol–water partition coefficient (Wildman–Crippen LogP) is 4.61. The highest BCUT2D eigenvalue weighted by Gasteiger charge is 2.38. The van der Waals surface area contributed by atoms with Crippen LogP contribution in [0.15, 0.2) is 0 Å². The lowest BCUT2D eigenvalue weighted by atomic mass is 9.96. The summed E-state index contributed by atoms with van der Waals surface area (Å²) in [6, 6.07) is 0. The summed E-state index contributed by atoms with van der Waals surface area (Å²) in [6.07, 6.45) is -0.195. The molecule has 0 spiro atoms. The largest absolute Gasteiger partial charge is 0.451 e. The summed E-state index contributed by atoms with van der Waals surface area (Å²) in [6.45, 7) is 4.39. The number of halogens is 3. The van der Waals surface area contributed by atoms with Crippen LogP contribution in [0.1, 0.15) is 41.9 Å². The first-order valence-corrected chi connectivity index (χ1v) is 9.22. The van der Waals surface area contributed by atoms with Gasteiger partial charge in [0.1, 0.15) is 10.6 Å². The lowest BCUT2D eigenvalue weighted by molar-refractivity contribution is -0.144. The third-order valence-corrected chi connectivity index (χ3v) is 6.45. The number of rotatable bonds is 4. The SMILES string of the molecule is Cc1sc2nc(C(F)(F)F)nc(NCC3(N(C)C)CCCC3)c2c1C. The zero-order valence-electron chi connectivity index (χ0n) is 14.9.